The molecule has 0 aliphatic carbocycles. The maximum absolute atomic E-state index is 12.6. The van der Waals surface area contributed by atoms with Crippen LogP contribution in [-0.2, 0) is 10.0 Å². The van der Waals surface area contributed by atoms with Gasteiger partial charge in [0, 0.05) is 12.1 Å². The van der Waals surface area contributed by atoms with Gasteiger partial charge in [0.05, 0.1) is 4.90 Å². The lowest BCUT2D eigenvalue weighted by atomic mass is 10.1. The molecular formula is C14H21NO2S. The van der Waals surface area contributed by atoms with Crippen LogP contribution in [0.2, 0.25) is 0 Å². The number of sulfonamides is 1. The summed E-state index contributed by atoms with van der Waals surface area (Å²) in [6.45, 7) is 5.96. The van der Waals surface area contributed by atoms with Crippen molar-refractivity contribution in [3.63, 3.8) is 0 Å². The topological polar surface area (TPSA) is 37.4 Å². The van der Waals surface area contributed by atoms with Crippen molar-refractivity contribution in [3.05, 3.63) is 29.8 Å². The third-order valence-corrected chi connectivity index (χ3v) is 5.85. The molecule has 0 unspecified atom stereocenters. The van der Waals surface area contributed by atoms with E-state index in [2.05, 4.69) is 0 Å². The molecule has 0 spiro atoms. The molecule has 3 nitrogen and oxygen atoms in total. The van der Waals surface area contributed by atoms with Gasteiger partial charge >= 0.3 is 0 Å². The number of aryl methyl sites for hydroxylation is 1. The Morgan fingerprint density at radius 2 is 1.56 bits per heavy atom. The van der Waals surface area contributed by atoms with E-state index in [4.69, 9.17) is 0 Å². The average molecular weight is 269 g/mol. The van der Waals surface area contributed by atoms with Crippen LogP contribution >= 0.6 is 0 Å². The molecule has 1 aliphatic rings. The Balaban J connectivity index is 2.38. The van der Waals surface area contributed by atoms with Gasteiger partial charge in [-0.1, -0.05) is 24.1 Å². The predicted molar refractivity (Wildman–Crippen MR) is 73.0 cm³/mol. The Bertz CT molecular complexity index is 497. The van der Waals surface area contributed by atoms with Crippen molar-refractivity contribution >= 4 is 10.0 Å². The van der Waals surface area contributed by atoms with Crippen LogP contribution in [0.25, 0.3) is 0 Å². The highest BCUT2D eigenvalue weighted by molar-refractivity contribution is 7.89. The molecular weight excluding hydrogens is 248 g/mol. The fraction of sp³-hybridized carbons (Fsp3) is 0.571. The smallest absolute Gasteiger partial charge is 0.207 e. The summed E-state index contributed by atoms with van der Waals surface area (Å²) in [4.78, 5) is 0.411. The van der Waals surface area contributed by atoms with Crippen molar-refractivity contribution in [1.29, 1.82) is 0 Å². The first-order valence-corrected chi connectivity index (χ1v) is 7.97. The monoisotopic (exact) mass is 269 g/mol. The molecule has 1 aromatic rings. The third kappa shape index (κ3) is 2.45. The van der Waals surface area contributed by atoms with Crippen LogP contribution in [0, 0.1) is 6.92 Å². The van der Waals surface area contributed by atoms with Crippen molar-refractivity contribution < 1.29 is 8.42 Å². The number of piperidine rings is 1. The van der Waals surface area contributed by atoms with Gasteiger partial charge in [-0.25, -0.2) is 8.42 Å². The molecule has 0 radical (unpaired) electrons. The van der Waals surface area contributed by atoms with E-state index in [-0.39, 0.29) is 12.1 Å². The summed E-state index contributed by atoms with van der Waals surface area (Å²) in [6.07, 6.45) is 3.02. The summed E-state index contributed by atoms with van der Waals surface area (Å²) in [7, 11) is -3.34. The molecule has 100 valence electrons. The minimum Gasteiger partial charge on any atom is -0.207 e. The number of rotatable bonds is 2. The molecule has 18 heavy (non-hydrogen) atoms. The first kappa shape index (κ1) is 13.6. The van der Waals surface area contributed by atoms with E-state index in [9.17, 15) is 8.42 Å². The number of benzene rings is 1. The Kier molecular flexibility index (Phi) is 3.78. The van der Waals surface area contributed by atoms with Gasteiger partial charge in [-0.3, -0.25) is 0 Å². The number of hydrogen-bond acceptors (Lipinski definition) is 2. The lowest BCUT2D eigenvalue weighted by Gasteiger charge is -2.37. The molecule has 0 amide bonds. The van der Waals surface area contributed by atoms with Crippen LogP contribution in [0.15, 0.2) is 29.2 Å². The molecule has 4 heteroatoms. The molecule has 1 aromatic carbocycles. The second-order valence-corrected chi connectivity index (χ2v) is 7.12. The Morgan fingerprint density at radius 1 is 1.06 bits per heavy atom. The highest BCUT2D eigenvalue weighted by atomic mass is 32.2. The normalized spacial score (nSPS) is 26.2. The third-order valence-electron chi connectivity index (χ3n) is 3.71. The van der Waals surface area contributed by atoms with Crippen molar-refractivity contribution in [2.45, 2.75) is 57.0 Å². The van der Waals surface area contributed by atoms with E-state index in [1.54, 1.807) is 16.4 Å². The van der Waals surface area contributed by atoms with Crippen LogP contribution in [0.4, 0.5) is 0 Å². The molecule has 2 rings (SSSR count). The fourth-order valence-corrected chi connectivity index (χ4v) is 4.59. The highest BCUT2D eigenvalue weighted by Crippen LogP contribution is 2.29. The van der Waals surface area contributed by atoms with Crippen molar-refractivity contribution in [2.24, 2.45) is 0 Å². The minimum atomic E-state index is -3.34. The van der Waals surface area contributed by atoms with Crippen LogP contribution in [0.5, 0.6) is 0 Å². The second kappa shape index (κ2) is 5.02. The summed E-state index contributed by atoms with van der Waals surface area (Å²) in [5.41, 5.74) is 1.08. The van der Waals surface area contributed by atoms with Crippen LogP contribution < -0.4 is 0 Å². The van der Waals surface area contributed by atoms with Gasteiger partial charge in [-0.05, 0) is 45.7 Å². The number of nitrogens with zero attached hydrogens (tertiary/aromatic N) is 1. The van der Waals surface area contributed by atoms with Gasteiger partial charge in [0.1, 0.15) is 0 Å². The van der Waals surface area contributed by atoms with Gasteiger partial charge < -0.3 is 0 Å². The highest BCUT2D eigenvalue weighted by Gasteiger charge is 2.35. The largest absolute Gasteiger partial charge is 0.243 e. The van der Waals surface area contributed by atoms with Gasteiger partial charge in [0.2, 0.25) is 10.0 Å². The standard InChI is InChI=1S/C14H21NO2S/c1-11-7-9-14(10-8-11)18(16,17)15-12(2)5-4-6-13(15)3/h7-10,12-13H,4-6H2,1-3H3/t12-,13+/i2+1,3+1. The van der Waals surface area contributed by atoms with Crippen molar-refractivity contribution in [1.82, 2.24) is 4.31 Å². The summed E-state index contributed by atoms with van der Waals surface area (Å²) in [5, 5.41) is 0. The predicted octanol–water partition coefficient (Wildman–Crippen LogP) is 2.95. The van der Waals surface area contributed by atoms with E-state index in [0.29, 0.717) is 4.90 Å². The maximum Gasteiger partial charge on any atom is 0.243 e. The number of hydrogen-bond donors (Lipinski definition) is 0. The van der Waals surface area contributed by atoms with Crippen LogP contribution in [0.1, 0.15) is 38.7 Å². The van der Waals surface area contributed by atoms with Crippen LogP contribution in [-0.4, -0.2) is 24.8 Å². The van der Waals surface area contributed by atoms with Crippen LogP contribution in [0.3, 0.4) is 0 Å². The van der Waals surface area contributed by atoms with Crippen molar-refractivity contribution in [2.75, 3.05) is 0 Å². The SMILES string of the molecule is Cc1ccc(S(=O)(=O)N2[C@H]([13CH3])CCC[C@@H]2[13CH3])cc1. The molecule has 0 bridgehead atoms. The summed E-state index contributed by atoms with van der Waals surface area (Å²) < 4.78 is 27.0. The minimum absolute atomic E-state index is 0.0973. The molecule has 0 aromatic heterocycles. The van der Waals surface area contributed by atoms with E-state index in [0.717, 1.165) is 24.8 Å². The van der Waals surface area contributed by atoms with E-state index in [1.807, 2.05) is 32.9 Å². The molecule has 0 saturated carbocycles. The lowest BCUT2D eigenvalue weighted by molar-refractivity contribution is 0.204. The van der Waals surface area contributed by atoms with Gasteiger partial charge in [-0.15, -0.1) is 0 Å². The Hall–Kier alpha value is -0.870. The summed E-state index contributed by atoms with van der Waals surface area (Å²) in [6, 6.07) is 7.32. The van der Waals surface area contributed by atoms with Gasteiger partial charge in [-0.2, -0.15) is 4.31 Å². The zero-order chi connectivity index (χ0) is 13.3. The Morgan fingerprint density at radius 3 is 2.06 bits per heavy atom. The summed E-state index contributed by atoms with van der Waals surface area (Å²) >= 11 is 0. The fourth-order valence-electron chi connectivity index (χ4n) is 2.70. The zero-order valence-electron chi connectivity index (χ0n) is 11.3. The van der Waals surface area contributed by atoms with E-state index < -0.39 is 10.0 Å². The van der Waals surface area contributed by atoms with Crippen molar-refractivity contribution in [3.8, 4) is 0 Å². The molecule has 1 fully saturated rings. The van der Waals surface area contributed by atoms with Gasteiger partial charge in [0.15, 0.2) is 0 Å². The Labute approximate surface area is 110 Å². The molecule has 0 N–H and O–H groups in total. The molecule has 1 heterocycles. The first-order chi connectivity index (χ1) is 8.43. The van der Waals surface area contributed by atoms with E-state index in [1.165, 1.54) is 0 Å². The second-order valence-electron chi connectivity index (χ2n) is 5.28. The van der Waals surface area contributed by atoms with E-state index >= 15 is 0 Å². The maximum atomic E-state index is 12.6. The molecule has 1 saturated heterocycles. The quantitative estimate of drug-likeness (QED) is 0.774. The molecule has 2 atom stereocenters. The lowest BCUT2D eigenvalue weighted by Crippen LogP contribution is -2.47. The molecule has 1 aliphatic heterocycles. The zero-order valence-corrected chi connectivity index (χ0v) is 12.1. The average Bonchev–Trinajstić information content (AvgIpc) is 2.29. The van der Waals surface area contributed by atoms with Gasteiger partial charge in [0.25, 0.3) is 0 Å². The summed E-state index contributed by atoms with van der Waals surface area (Å²) in [5.74, 6) is 0. The first-order valence-electron chi connectivity index (χ1n) is 6.53.